The molecule has 0 aromatic heterocycles. The van der Waals surface area contributed by atoms with Gasteiger partial charge in [-0.15, -0.1) is 0 Å². The first kappa shape index (κ1) is 19.4. The van der Waals surface area contributed by atoms with E-state index in [2.05, 4.69) is 19.2 Å². The van der Waals surface area contributed by atoms with Gasteiger partial charge >= 0.3 is 0 Å². The van der Waals surface area contributed by atoms with E-state index in [0.717, 1.165) is 12.0 Å². The van der Waals surface area contributed by atoms with Crippen molar-refractivity contribution in [1.82, 2.24) is 10.2 Å². The number of carbonyl (C=O) groups excluding carboxylic acids is 3. The highest BCUT2D eigenvalue weighted by atomic mass is 16.2. The van der Waals surface area contributed by atoms with Gasteiger partial charge in [-0.3, -0.25) is 19.3 Å². The van der Waals surface area contributed by atoms with Crippen LogP contribution in [-0.2, 0) is 14.4 Å². The molecule has 1 aliphatic heterocycles. The number of rotatable bonds is 7. The number of hydrogen-bond donors (Lipinski definition) is 1. The summed E-state index contributed by atoms with van der Waals surface area (Å²) in [6.45, 7) is 11.8. The molecule has 1 N–H and O–H groups in total. The Morgan fingerprint density at radius 2 is 1.83 bits per heavy atom. The lowest BCUT2D eigenvalue weighted by atomic mass is 9.97. The molecule has 0 aromatic rings. The van der Waals surface area contributed by atoms with Crippen LogP contribution < -0.4 is 5.32 Å². The van der Waals surface area contributed by atoms with Crippen LogP contribution in [0.1, 0.15) is 60.8 Å². The Balaban J connectivity index is 2.99. The van der Waals surface area contributed by atoms with Gasteiger partial charge in [0.05, 0.1) is 6.04 Å². The fourth-order valence-electron chi connectivity index (χ4n) is 2.87. The highest BCUT2D eigenvalue weighted by Gasteiger charge is 2.39. The van der Waals surface area contributed by atoms with E-state index in [0.29, 0.717) is 18.8 Å². The molecule has 1 heterocycles. The maximum Gasteiger partial charge on any atom is 0.253 e. The molecular weight excluding hydrogens is 292 g/mol. The van der Waals surface area contributed by atoms with Crippen LogP contribution in [0.5, 0.6) is 0 Å². The Hall–Kier alpha value is -1.65. The Labute approximate surface area is 139 Å². The fraction of sp³-hybridized carbons (Fsp3) is 0.722. The predicted molar refractivity (Wildman–Crippen MR) is 90.5 cm³/mol. The van der Waals surface area contributed by atoms with Crippen molar-refractivity contribution in [3.05, 3.63) is 11.6 Å². The Morgan fingerprint density at radius 1 is 1.22 bits per heavy atom. The summed E-state index contributed by atoms with van der Waals surface area (Å²) >= 11 is 0. The number of hydrogen-bond acceptors (Lipinski definition) is 3. The van der Waals surface area contributed by atoms with Crippen LogP contribution in [0.25, 0.3) is 0 Å². The quantitative estimate of drug-likeness (QED) is 0.783. The minimum atomic E-state index is -0.639. The third-order valence-corrected chi connectivity index (χ3v) is 4.02. The number of amides is 3. The molecule has 0 radical (unpaired) electrons. The van der Waals surface area contributed by atoms with Gasteiger partial charge in [0.2, 0.25) is 5.91 Å². The molecule has 1 rings (SSSR count). The molecule has 0 aliphatic carbocycles. The van der Waals surface area contributed by atoms with Crippen molar-refractivity contribution < 1.29 is 14.4 Å². The summed E-state index contributed by atoms with van der Waals surface area (Å²) in [4.78, 5) is 38.3. The largest absolute Gasteiger partial charge is 0.344 e. The van der Waals surface area contributed by atoms with E-state index in [1.165, 1.54) is 4.90 Å². The summed E-state index contributed by atoms with van der Waals surface area (Å²) in [5.74, 6) is -0.0996. The molecule has 1 aliphatic rings. The number of nitrogens with zero attached hydrogens (tertiary/aromatic N) is 1. The molecule has 130 valence electrons. The third-order valence-electron chi connectivity index (χ3n) is 4.02. The summed E-state index contributed by atoms with van der Waals surface area (Å²) < 4.78 is 0. The molecule has 2 atom stereocenters. The van der Waals surface area contributed by atoms with Gasteiger partial charge in [-0.05, 0) is 37.2 Å². The smallest absolute Gasteiger partial charge is 0.253 e. The molecule has 23 heavy (non-hydrogen) atoms. The number of carbonyl (C=O) groups is 3. The molecule has 0 fully saturated rings. The lowest BCUT2D eigenvalue weighted by Gasteiger charge is -2.30. The summed E-state index contributed by atoms with van der Waals surface area (Å²) in [6, 6.07) is -0.830. The van der Waals surface area contributed by atoms with Crippen molar-refractivity contribution in [2.24, 2.45) is 11.8 Å². The molecule has 0 aromatic carbocycles. The van der Waals surface area contributed by atoms with Crippen LogP contribution in [0.3, 0.4) is 0 Å². The first-order valence-electron chi connectivity index (χ1n) is 8.51. The molecular formula is C18H30N2O3. The third kappa shape index (κ3) is 5.19. The monoisotopic (exact) mass is 322 g/mol. The summed E-state index contributed by atoms with van der Waals surface area (Å²) in [7, 11) is 0. The zero-order valence-electron chi connectivity index (χ0n) is 15.2. The average molecular weight is 322 g/mol. The summed E-state index contributed by atoms with van der Waals surface area (Å²) in [6.07, 6.45) is 3.14. The second-order valence-corrected chi connectivity index (χ2v) is 7.18. The Kier molecular flexibility index (Phi) is 6.98. The number of nitrogens with one attached hydrogen (secondary N) is 1. The van der Waals surface area contributed by atoms with Crippen LogP contribution in [0.4, 0.5) is 0 Å². The molecule has 0 spiro atoms. The highest BCUT2D eigenvalue weighted by molar-refractivity contribution is 6.06. The van der Waals surface area contributed by atoms with Gasteiger partial charge in [0, 0.05) is 12.5 Å². The highest BCUT2D eigenvalue weighted by Crippen LogP contribution is 2.26. The van der Waals surface area contributed by atoms with E-state index in [1.807, 2.05) is 20.8 Å². The van der Waals surface area contributed by atoms with E-state index in [1.54, 1.807) is 13.0 Å². The van der Waals surface area contributed by atoms with Gasteiger partial charge in [0.25, 0.3) is 11.8 Å². The minimum absolute atomic E-state index is 0.166. The lowest BCUT2D eigenvalue weighted by molar-refractivity contribution is -0.146. The van der Waals surface area contributed by atoms with Gasteiger partial charge in [-0.25, -0.2) is 0 Å². The van der Waals surface area contributed by atoms with Gasteiger partial charge in [0.15, 0.2) is 0 Å². The maximum absolute atomic E-state index is 12.9. The fourth-order valence-corrected chi connectivity index (χ4v) is 2.87. The van der Waals surface area contributed by atoms with Crippen LogP contribution in [0.2, 0.25) is 0 Å². The van der Waals surface area contributed by atoms with Crippen molar-refractivity contribution in [1.29, 1.82) is 0 Å². The van der Waals surface area contributed by atoms with Crippen LogP contribution in [0, 0.1) is 11.8 Å². The van der Waals surface area contributed by atoms with Crippen LogP contribution in [-0.4, -0.2) is 34.7 Å². The van der Waals surface area contributed by atoms with E-state index in [9.17, 15) is 14.4 Å². The van der Waals surface area contributed by atoms with E-state index >= 15 is 0 Å². The zero-order chi connectivity index (χ0) is 17.7. The Bertz CT molecular complexity index is 494. The molecule has 3 amide bonds. The molecule has 0 bridgehead atoms. The first-order valence-corrected chi connectivity index (χ1v) is 8.51. The number of imide groups is 1. The topological polar surface area (TPSA) is 66.5 Å². The molecule has 0 saturated heterocycles. The van der Waals surface area contributed by atoms with Crippen molar-refractivity contribution in [3.8, 4) is 0 Å². The van der Waals surface area contributed by atoms with Gasteiger partial charge < -0.3 is 5.32 Å². The van der Waals surface area contributed by atoms with E-state index in [-0.39, 0.29) is 29.7 Å². The van der Waals surface area contributed by atoms with E-state index < -0.39 is 6.04 Å². The van der Waals surface area contributed by atoms with E-state index in [4.69, 9.17) is 0 Å². The SMILES string of the molecule is CCC(=O)N[C@H](CC(C)C)C(=O)N1C(=O)C=C(C)C1CC(C)C. The molecule has 0 saturated carbocycles. The van der Waals surface area contributed by atoms with Gasteiger partial charge in [-0.1, -0.05) is 34.6 Å². The summed E-state index contributed by atoms with van der Waals surface area (Å²) in [5.41, 5.74) is 0.919. The van der Waals surface area contributed by atoms with Crippen molar-refractivity contribution >= 4 is 17.7 Å². The minimum Gasteiger partial charge on any atom is -0.344 e. The van der Waals surface area contributed by atoms with Crippen molar-refractivity contribution in [2.45, 2.75) is 72.9 Å². The maximum atomic E-state index is 12.9. The van der Waals surface area contributed by atoms with Gasteiger partial charge in [-0.2, -0.15) is 0 Å². The zero-order valence-corrected chi connectivity index (χ0v) is 15.2. The predicted octanol–water partition coefficient (Wildman–Crippen LogP) is 2.66. The Morgan fingerprint density at radius 3 is 2.30 bits per heavy atom. The van der Waals surface area contributed by atoms with Crippen molar-refractivity contribution in [2.75, 3.05) is 0 Å². The standard InChI is InChI=1S/C18H30N2O3/c1-7-16(21)19-14(8-11(2)3)18(23)20-15(9-12(4)5)13(6)10-17(20)22/h10-12,14-15H,7-9H2,1-6H3,(H,19,21)/t14-,15?/m1/s1. The second kappa shape index (κ2) is 8.27. The first-order chi connectivity index (χ1) is 10.7. The normalized spacial score (nSPS) is 19.3. The second-order valence-electron chi connectivity index (χ2n) is 7.18. The molecule has 5 heteroatoms. The van der Waals surface area contributed by atoms with Crippen LogP contribution in [0.15, 0.2) is 11.6 Å². The van der Waals surface area contributed by atoms with Crippen LogP contribution >= 0.6 is 0 Å². The van der Waals surface area contributed by atoms with Gasteiger partial charge in [0.1, 0.15) is 6.04 Å². The van der Waals surface area contributed by atoms with Crippen molar-refractivity contribution in [3.63, 3.8) is 0 Å². The average Bonchev–Trinajstić information content (AvgIpc) is 2.70. The lowest BCUT2D eigenvalue weighted by Crippen LogP contribution is -2.52. The molecule has 5 nitrogen and oxygen atoms in total. The summed E-state index contributed by atoms with van der Waals surface area (Å²) in [5, 5.41) is 2.78. The molecule has 1 unspecified atom stereocenters.